The van der Waals surface area contributed by atoms with E-state index in [0.29, 0.717) is 10.4 Å². The van der Waals surface area contributed by atoms with Gasteiger partial charge in [0, 0.05) is 21.0 Å². The van der Waals surface area contributed by atoms with Crippen molar-refractivity contribution in [3.05, 3.63) is 33.1 Å². The standard InChI is InChI=1S/C9H4Cl2F2S/c10-4-1-2-6-7(5(11)3-14-6)8(4)9(12)13/h1-3,9H. The fraction of sp³-hybridized carbons (Fsp3) is 0.111. The van der Waals surface area contributed by atoms with Gasteiger partial charge >= 0.3 is 0 Å². The van der Waals surface area contributed by atoms with Gasteiger partial charge in [0.25, 0.3) is 6.43 Å². The lowest BCUT2D eigenvalue weighted by Crippen LogP contribution is -1.86. The minimum atomic E-state index is -2.60. The Morgan fingerprint density at radius 2 is 1.86 bits per heavy atom. The molecule has 0 radical (unpaired) electrons. The van der Waals surface area contributed by atoms with Crippen LogP contribution in [0.4, 0.5) is 8.78 Å². The third kappa shape index (κ3) is 1.49. The maximum absolute atomic E-state index is 12.7. The highest BCUT2D eigenvalue weighted by Gasteiger charge is 2.18. The molecular formula is C9H4Cl2F2S. The summed E-state index contributed by atoms with van der Waals surface area (Å²) in [6.07, 6.45) is -2.60. The zero-order valence-electron chi connectivity index (χ0n) is 6.73. The summed E-state index contributed by atoms with van der Waals surface area (Å²) in [5.74, 6) is 0. The Hall–Kier alpha value is -0.380. The molecule has 0 bridgehead atoms. The van der Waals surface area contributed by atoms with Gasteiger partial charge in [-0.3, -0.25) is 0 Å². The summed E-state index contributed by atoms with van der Waals surface area (Å²) in [6, 6.07) is 3.16. The second kappa shape index (κ2) is 3.65. The molecule has 0 fully saturated rings. The molecule has 5 heteroatoms. The summed E-state index contributed by atoms with van der Waals surface area (Å²) in [4.78, 5) is 0. The molecule has 0 saturated heterocycles. The van der Waals surface area contributed by atoms with Gasteiger partial charge in [0.05, 0.1) is 10.0 Å². The van der Waals surface area contributed by atoms with Crippen LogP contribution in [0.15, 0.2) is 17.5 Å². The Labute approximate surface area is 93.1 Å². The van der Waals surface area contributed by atoms with Crippen LogP contribution in [0.3, 0.4) is 0 Å². The molecule has 0 saturated carbocycles. The molecule has 0 amide bonds. The van der Waals surface area contributed by atoms with Crippen molar-refractivity contribution in [1.82, 2.24) is 0 Å². The quantitative estimate of drug-likeness (QED) is 0.659. The molecule has 0 aliphatic heterocycles. The van der Waals surface area contributed by atoms with Gasteiger partial charge in [-0.2, -0.15) is 0 Å². The van der Waals surface area contributed by atoms with E-state index < -0.39 is 6.43 Å². The Bertz CT molecular complexity index is 479. The van der Waals surface area contributed by atoms with Crippen LogP contribution in [0.25, 0.3) is 10.1 Å². The molecule has 0 nitrogen and oxygen atoms in total. The first-order valence-corrected chi connectivity index (χ1v) is 5.38. The molecule has 0 spiro atoms. The van der Waals surface area contributed by atoms with Gasteiger partial charge < -0.3 is 0 Å². The molecule has 0 aliphatic rings. The van der Waals surface area contributed by atoms with Gasteiger partial charge in [-0.05, 0) is 12.1 Å². The number of benzene rings is 1. The van der Waals surface area contributed by atoms with Crippen molar-refractivity contribution >= 4 is 44.6 Å². The van der Waals surface area contributed by atoms with Gasteiger partial charge in [-0.15, -0.1) is 11.3 Å². The summed E-state index contributed by atoms with van der Waals surface area (Å²) in [7, 11) is 0. The van der Waals surface area contributed by atoms with Crippen LogP contribution in [-0.4, -0.2) is 0 Å². The zero-order chi connectivity index (χ0) is 10.3. The predicted molar refractivity (Wildman–Crippen MR) is 56.8 cm³/mol. The van der Waals surface area contributed by atoms with Gasteiger partial charge in [0.15, 0.2) is 0 Å². The van der Waals surface area contributed by atoms with E-state index in [1.165, 1.54) is 17.4 Å². The molecular weight excluding hydrogens is 249 g/mol. The van der Waals surface area contributed by atoms with E-state index in [9.17, 15) is 8.78 Å². The molecule has 1 heterocycles. The predicted octanol–water partition coefficient (Wildman–Crippen LogP) is 5.15. The molecule has 0 atom stereocenters. The van der Waals surface area contributed by atoms with Crippen LogP contribution in [0.5, 0.6) is 0 Å². The third-order valence-corrected chi connectivity index (χ3v) is 3.61. The molecule has 0 unspecified atom stereocenters. The second-order valence-electron chi connectivity index (χ2n) is 2.72. The fourth-order valence-electron chi connectivity index (χ4n) is 1.31. The SMILES string of the molecule is FC(F)c1c(Cl)ccc2scc(Cl)c12. The largest absolute Gasteiger partial charge is 0.265 e. The fourth-order valence-corrected chi connectivity index (χ4v) is 2.77. The Morgan fingerprint density at radius 1 is 1.14 bits per heavy atom. The lowest BCUT2D eigenvalue weighted by atomic mass is 10.1. The van der Waals surface area contributed by atoms with Crippen molar-refractivity contribution in [2.75, 3.05) is 0 Å². The van der Waals surface area contributed by atoms with Gasteiger partial charge in [-0.1, -0.05) is 23.2 Å². The molecule has 1 aromatic heterocycles. The summed E-state index contributed by atoms with van der Waals surface area (Å²) < 4.78 is 26.1. The Kier molecular flexibility index (Phi) is 2.64. The summed E-state index contributed by atoms with van der Waals surface area (Å²) >= 11 is 12.8. The van der Waals surface area contributed by atoms with E-state index in [1.807, 2.05) is 0 Å². The highest BCUT2D eigenvalue weighted by atomic mass is 35.5. The minimum Gasteiger partial charge on any atom is -0.205 e. The van der Waals surface area contributed by atoms with Crippen molar-refractivity contribution < 1.29 is 8.78 Å². The van der Waals surface area contributed by atoms with Crippen LogP contribution in [-0.2, 0) is 0 Å². The van der Waals surface area contributed by atoms with Crippen LogP contribution < -0.4 is 0 Å². The van der Waals surface area contributed by atoms with Crippen molar-refractivity contribution in [2.24, 2.45) is 0 Å². The molecule has 1 aromatic carbocycles. The van der Waals surface area contributed by atoms with Crippen LogP contribution >= 0.6 is 34.5 Å². The maximum atomic E-state index is 12.7. The van der Waals surface area contributed by atoms with Crippen LogP contribution in [0.1, 0.15) is 12.0 Å². The number of thiophene rings is 1. The normalized spacial score (nSPS) is 11.5. The first-order valence-electron chi connectivity index (χ1n) is 3.74. The number of fused-ring (bicyclic) bond motifs is 1. The van der Waals surface area contributed by atoms with E-state index in [0.717, 1.165) is 4.70 Å². The van der Waals surface area contributed by atoms with Gasteiger partial charge in [-0.25, -0.2) is 8.78 Å². The van der Waals surface area contributed by atoms with Gasteiger partial charge in [0.1, 0.15) is 0 Å². The molecule has 0 aliphatic carbocycles. The zero-order valence-corrected chi connectivity index (χ0v) is 9.06. The molecule has 2 rings (SSSR count). The van der Waals surface area contributed by atoms with Crippen LogP contribution in [0, 0.1) is 0 Å². The van der Waals surface area contributed by atoms with E-state index in [2.05, 4.69) is 0 Å². The Balaban J connectivity index is 2.87. The average molecular weight is 253 g/mol. The lowest BCUT2D eigenvalue weighted by molar-refractivity contribution is 0.153. The highest BCUT2D eigenvalue weighted by molar-refractivity contribution is 7.17. The van der Waals surface area contributed by atoms with Crippen molar-refractivity contribution in [3.8, 4) is 0 Å². The van der Waals surface area contributed by atoms with E-state index >= 15 is 0 Å². The first kappa shape index (κ1) is 10.1. The van der Waals surface area contributed by atoms with Crippen LogP contribution in [0.2, 0.25) is 10.0 Å². The topological polar surface area (TPSA) is 0 Å². The van der Waals surface area contributed by atoms with Crippen molar-refractivity contribution in [1.29, 1.82) is 0 Å². The highest BCUT2D eigenvalue weighted by Crippen LogP contribution is 2.40. The number of alkyl halides is 2. The molecule has 74 valence electrons. The van der Waals surface area contributed by atoms with E-state index in [1.54, 1.807) is 11.4 Å². The average Bonchev–Trinajstić information content (AvgIpc) is 2.47. The molecule has 2 aromatic rings. The number of hydrogen-bond acceptors (Lipinski definition) is 1. The number of hydrogen-bond donors (Lipinski definition) is 0. The monoisotopic (exact) mass is 252 g/mol. The van der Waals surface area contributed by atoms with Gasteiger partial charge in [0.2, 0.25) is 0 Å². The maximum Gasteiger partial charge on any atom is 0.265 e. The van der Waals surface area contributed by atoms with Crippen molar-refractivity contribution in [2.45, 2.75) is 6.43 Å². The third-order valence-electron chi connectivity index (χ3n) is 1.90. The van der Waals surface area contributed by atoms with Crippen molar-refractivity contribution in [3.63, 3.8) is 0 Å². The Morgan fingerprint density at radius 3 is 2.50 bits per heavy atom. The lowest BCUT2D eigenvalue weighted by Gasteiger charge is -2.04. The van der Waals surface area contributed by atoms with E-state index in [-0.39, 0.29) is 10.6 Å². The summed E-state index contributed by atoms with van der Waals surface area (Å²) in [5, 5.41) is 2.41. The minimum absolute atomic E-state index is 0.0628. The summed E-state index contributed by atoms with van der Waals surface area (Å²) in [6.45, 7) is 0. The number of halogens is 4. The smallest absolute Gasteiger partial charge is 0.205 e. The molecule has 0 N–H and O–H groups in total. The first-order chi connectivity index (χ1) is 6.61. The molecule has 14 heavy (non-hydrogen) atoms. The second-order valence-corrected chi connectivity index (χ2v) is 4.44. The number of rotatable bonds is 1. The van der Waals surface area contributed by atoms with E-state index in [4.69, 9.17) is 23.2 Å². The summed E-state index contributed by atoms with van der Waals surface area (Å²) in [5.41, 5.74) is -0.171.